The Hall–Kier alpha value is -3.10. The molecule has 0 aliphatic carbocycles. The molecule has 8 nitrogen and oxygen atoms in total. The summed E-state index contributed by atoms with van der Waals surface area (Å²) in [5, 5.41) is 15.0. The summed E-state index contributed by atoms with van der Waals surface area (Å²) in [7, 11) is 1.63. The molecule has 9 heteroatoms. The number of nitrogens with one attached hydrogen (secondary N) is 2. The van der Waals surface area contributed by atoms with Gasteiger partial charge in [-0.15, -0.1) is 12.4 Å². The molecule has 0 radical (unpaired) electrons. The van der Waals surface area contributed by atoms with E-state index in [0.29, 0.717) is 24.1 Å². The maximum atomic E-state index is 11.8. The summed E-state index contributed by atoms with van der Waals surface area (Å²) < 4.78 is 10.2. The molecule has 0 unspecified atom stereocenters. The molecule has 0 fully saturated rings. The number of likely N-dealkylation sites (N-methyl/N-ethyl adjacent to an activating group) is 1. The molecular weight excluding hydrogens is 412 g/mol. The number of aromatic carboxylic acids is 1. The second-order valence-electron chi connectivity index (χ2n) is 6.08. The third-order valence-corrected chi connectivity index (χ3v) is 3.99. The maximum Gasteiger partial charge on any atom is 0.407 e. The van der Waals surface area contributed by atoms with Gasteiger partial charge in [0.1, 0.15) is 5.75 Å². The fraction of sp³-hybridized carbons (Fsp3) is 0.286. The second-order valence-corrected chi connectivity index (χ2v) is 6.08. The summed E-state index contributed by atoms with van der Waals surface area (Å²) >= 11 is 0. The van der Waals surface area contributed by atoms with Crippen LogP contribution in [0.3, 0.4) is 0 Å². The van der Waals surface area contributed by atoms with E-state index in [2.05, 4.69) is 10.6 Å². The number of esters is 1. The number of hydrogen-bond acceptors (Lipinski definition) is 6. The standard InChI is InChI=1S/C21H24N2O6.ClH/c1-3-28-21(27)23-11-10-14-8-9-15(17(12-14)20(25)26)16-6-4-5-7-18(16)29-19(24)13-22-2;/h4-9,12,22H,3,10-11,13H2,1-2H3,(H,23,27)(H,25,26);1H. The van der Waals surface area contributed by atoms with Crippen molar-refractivity contribution in [3.8, 4) is 16.9 Å². The largest absolute Gasteiger partial charge is 0.478 e. The van der Waals surface area contributed by atoms with E-state index in [-0.39, 0.29) is 36.9 Å². The van der Waals surface area contributed by atoms with Crippen molar-refractivity contribution < 1.29 is 29.0 Å². The van der Waals surface area contributed by atoms with E-state index in [1.807, 2.05) is 0 Å². The third-order valence-electron chi connectivity index (χ3n) is 3.99. The Labute approximate surface area is 181 Å². The molecule has 0 aromatic heterocycles. The van der Waals surface area contributed by atoms with Gasteiger partial charge in [0.05, 0.1) is 18.7 Å². The number of ether oxygens (including phenoxy) is 2. The molecule has 1 amide bonds. The van der Waals surface area contributed by atoms with Crippen LogP contribution < -0.4 is 15.4 Å². The lowest BCUT2D eigenvalue weighted by Gasteiger charge is -2.13. The molecule has 0 aliphatic heterocycles. The average Bonchev–Trinajstić information content (AvgIpc) is 2.69. The van der Waals surface area contributed by atoms with Gasteiger partial charge >= 0.3 is 18.0 Å². The van der Waals surface area contributed by atoms with Gasteiger partial charge in [-0.05, 0) is 43.7 Å². The van der Waals surface area contributed by atoms with Crippen molar-refractivity contribution in [2.75, 3.05) is 26.7 Å². The van der Waals surface area contributed by atoms with E-state index in [1.165, 1.54) is 0 Å². The quantitative estimate of drug-likeness (QED) is 0.409. The molecule has 0 heterocycles. The van der Waals surface area contributed by atoms with Gasteiger partial charge in [0.15, 0.2) is 0 Å². The zero-order valence-electron chi connectivity index (χ0n) is 16.8. The van der Waals surface area contributed by atoms with Crippen molar-refractivity contribution in [3.63, 3.8) is 0 Å². The number of benzene rings is 2. The van der Waals surface area contributed by atoms with Gasteiger partial charge < -0.3 is 25.2 Å². The molecule has 0 saturated carbocycles. The van der Waals surface area contributed by atoms with Crippen LogP contribution in [0.4, 0.5) is 4.79 Å². The van der Waals surface area contributed by atoms with Gasteiger partial charge in [0, 0.05) is 12.1 Å². The lowest BCUT2D eigenvalue weighted by atomic mass is 9.96. The zero-order chi connectivity index (χ0) is 21.2. The molecule has 2 aromatic carbocycles. The minimum atomic E-state index is -1.10. The molecule has 2 rings (SSSR count). The highest BCUT2D eigenvalue weighted by atomic mass is 35.5. The first-order valence-corrected chi connectivity index (χ1v) is 9.17. The molecule has 0 aliphatic rings. The Morgan fingerprint density at radius 1 is 1.07 bits per heavy atom. The number of amides is 1. The van der Waals surface area contributed by atoms with Crippen molar-refractivity contribution in [2.24, 2.45) is 0 Å². The molecule has 0 saturated heterocycles. The zero-order valence-corrected chi connectivity index (χ0v) is 17.6. The highest BCUT2D eigenvalue weighted by Gasteiger charge is 2.17. The van der Waals surface area contributed by atoms with Gasteiger partial charge in [-0.1, -0.05) is 30.3 Å². The van der Waals surface area contributed by atoms with Crippen LogP contribution in [0.2, 0.25) is 0 Å². The lowest BCUT2D eigenvalue weighted by Crippen LogP contribution is -2.26. The maximum absolute atomic E-state index is 11.8. The first-order chi connectivity index (χ1) is 14.0. The molecule has 0 bridgehead atoms. The van der Waals surface area contributed by atoms with Crippen LogP contribution in [0.5, 0.6) is 5.75 Å². The number of carbonyl (C=O) groups is 3. The summed E-state index contributed by atoms with van der Waals surface area (Å²) in [5.74, 6) is -1.29. The van der Waals surface area contributed by atoms with E-state index in [9.17, 15) is 19.5 Å². The summed E-state index contributed by atoms with van der Waals surface area (Å²) in [5.41, 5.74) is 1.77. The SMILES string of the molecule is CCOC(=O)NCCc1ccc(-c2ccccc2OC(=O)CNC)c(C(=O)O)c1.Cl. The van der Waals surface area contributed by atoms with Crippen molar-refractivity contribution in [1.29, 1.82) is 0 Å². The predicted molar refractivity (Wildman–Crippen MR) is 114 cm³/mol. The van der Waals surface area contributed by atoms with Crippen LogP contribution in [0.1, 0.15) is 22.8 Å². The fourth-order valence-corrected chi connectivity index (χ4v) is 2.73. The van der Waals surface area contributed by atoms with Gasteiger partial charge in [-0.25, -0.2) is 9.59 Å². The number of carboxylic acids is 1. The smallest absolute Gasteiger partial charge is 0.407 e. The topological polar surface area (TPSA) is 114 Å². The molecule has 30 heavy (non-hydrogen) atoms. The number of para-hydroxylation sites is 1. The first kappa shape index (κ1) is 24.9. The molecule has 3 N–H and O–H groups in total. The van der Waals surface area contributed by atoms with E-state index in [1.54, 1.807) is 56.4 Å². The minimum absolute atomic E-state index is 0. The Morgan fingerprint density at radius 3 is 2.47 bits per heavy atom. The van der Waals surface area contributed by atoms with Crippen LogP contribution in [0.15, 0.2) is 42.5 Å². The van der Waals surface area contributed by atoms with Crippen molar-refractivity contribution in [3.05, 3.63) is 53.6 Å². The Balaban J connectivity index is 0.00000450. The summed E-state index contributed by atoms with van der Waals surface area (Å²) in [6, 6.07) is 11.8. The summed E-state index contributed by atoms with van der Waals surface area (Å²) in [4.78, 5) is 35.0. The molecule has 2 aromatic rings. The number of rotatable bonds is 9. The normalized spacial score (nSPS) is 9.93. The Bertz CT molecular complexity index is 888. The van der Waals surface area contributed by atoms with Gasteiger partial charge in [0.2, 0.25) is 0 Å². The molecular formula is C21H25ClN2O6. The number of carboxylic acid groups (broad SMARTS) is 1. The van der Waals surface area contributed by atoms with Crippen molar-refractivity contribution in [1.82, 2.24) is 10.6 Å². The van der Waals surface area contributed by atoms with Crippen molar-refractivity contribution in [2.45, 2.75) is 13.3 Å². The third kappa shape index (κ3) is 7.06. The Kier molecular flexibility index (Phi) is 10.4. The number of hydrogen-bond donors (Lipinski definition) is 3. The highest BCUT2D eigenvalue weighted by Crippen LogP contribution is 2.33. The van der Waals surface area contributed by atoms with Crippen molar-refractivity contribution >= 4 is 30.4 Å². The summed E-state index contributed by atoms with van der Waals surface area (Å²) in [6.07, 6.45) is -0.0714. The number of halogens is 1. The fourth-order valence-electron chi connectivity index (χ4n) is 2.73. The Morgan fingerprint density at radius 2 is 1.80 bits per heavy atom. The van der Waals surface area contributed by atoms with Crippen LogP contribution in [0.25, 0.3) is 11.1 Å². The van der Waals surface area contributed by atoms with E-state index in [0.717, 1.165) is 5.56 Å². The minimum Gasteiger partial charge on any atom is -0.478 e. The highest BCUT2D eigenvalue weighted by molar-refractivity contribution is 5.97. The average molecular weight is 437 g/mol. The van der Waals surface area contributed by atoms with Gasteiger partial charge in [0.25, 0.3) is 0 Å². The predicted octanol–water partition coefficient (Wildman–Crippen LogP) is 2.89. The monoisotopic (exact) mass is 436 g/mol. The van der Waals surface area contributed by atoms with Gasteiger partial charge in [-0.2, -0.15) is 0 Å². The van der Waals surface area contributed by atoms with E-state index < -0.39 is 18.0 Å². The first-order valence-electron chi connectivity index (χ1n) is 9.17. The van der Waals surface area contributed by atoms with Crippen LogP contribution in [-0.2, 0) is 16.0 Å². The second kappa shape index (κ2) is 12.5. The lowest BCUT2D eigenvalue weighted by molar-refractivity contribution is -0.133. The van der Waals surface area contributed by atoms with Crippen LogP contribution in [0, 0.1) is 0 Å². The van der Waals surface area contributed by atoms with E-state index in [4.69, 9.17) is 9.47 Å². The number of alkyl carbamates (subject to hydrolysis) is 1. The van der Waals surface area contributed by atoms with E-state index >= 15 is 0 Å². The number of carbonyl (C=O) groups excluding carboxylic acids is 2. The molecule has 0 spiro atoms. The summed E-state index contributed by atoms with van der Waals surface area (Å²) in [6.45, 7) is 2.34. The van der Waals surface area contributed by atoms with Gasteiger partial charge in [-0.3, -0.25) is 4.79 Å². The van der Waals surface area contributed by atoms with Crippen LogP contribution >= 0.6 is 12.4 Å². The van der Waals surface area contributed by atoms with Crippen LogP contribution in [-0.4, -0.2) is 49.9 Å². The molecule has 162 valence electrons. The molecule has 0 atom stereocenters.